The van der Waals surface area contributed by atoms with Gasteiger partial charge in [0.15, 0.2) is 6.61 Å². The summed E-state index contributed by atoms with van der Waals surface area (Å²) in [7, 11) is 1.62. The van der Waals surface area contributed by atoms with Gasteiger partial charge >= 0.3 is 0 Å². The van der Waals surface area contributed by atoms with E-state index in [9.17, 15) is 14.9 Å². The van der Waals surface area contributed by atoms with E-state index in [2.05, 4.69) is 10.2 Å². The molecule has 1 unspecified atom stereocenters. The number of carbonyl (C=O) groups is 1. The maximum absolute atomic E-state index is 12.3. The molecular formula is C21H25N3O6. The van der Waals surface area contributed by atoms with Gasteiger partial charge in [0, 0.05) is 31.8 Å². The van der Waals surface area contributed by atoms with E-state index in [1.165, 1.54) is 24.3 Å². The van der Waals surface area contributed by atoms with Gasteiger partial charge in [0.05, 0.1) is 31.3 Å². The molecule has 1 saturated heterocycles. The van der Waals surface area contributed by atoms with Crippen LogP contribution in [0.2, 0.25) is 0 Å². The number of non-ortho nitro benzene ring substituents is 1. The van der Waals surface area contributed by atoms with Crippen LogP contribution in [0.4, 0.5) is 5.69 Å². The minimum Gasteiger partial charge on any atom is -0.497 e. The number of nitro groups is 1. The van der Waals surface area contributed by atoms with Crippen molar-refractivity contribution in [2.24, 2.45) is 0 Å². The monoisotopic (exact) mass is 415 g/mol. The smallest absolute Gasteiger partial charge is 0.269 e. The van der Waals surface area contributed by atoms with E-state index in [1.807, 2.05) is 24.3 Å². The fourth-order valence-corrected chi connectivity index (χ4v) is 3.25. The molecule has 1 amide bonds. The predicted octanol–water partition coefficient (Wildman–Crippen LogP) is 2.17. The lowest BCUT2D eigenvalue weighted by Crippen LogP contribution is -2.44. The first kappa shape index (κ1) is 21.5. The summed E-state index contributed by atoms with van der Waals surface area (Å²) in [4.78, 5) is 24.8. The molecule has 0 aromatic heterocycles. The Morgan fingerprint density at radius 1 is 1.13 bits per heavy atom. The molecule has 9 heteroatoms. The van der Waals surface area contributed by atoms with Crippen molar-refractivity contribution >= 4 is 11.6 Å². The van der Waals surface area contributed by atoms with Gasteiger partial charge in [0.2, 0.25) is 0 Å². The molecule has 3 rings (SSSR count). The highest BCUT2D eigenvalue weighted by atomic mass is 16.6. The second kappa shape index (κ2) is 10.6. The standard InChI is InChI=1S/C21H25N3O6/c1-28-18-6-2-16(3-7-18)20(23-10-12-29-13-11-23)14-22-21(25)15-30-19-8-4-17(5-9-19)24(26)27/h2-9,20H,10-15H2,1H3,(H,22,25). The van der Waals surface area contributed by atoms with Crippen LogP contribution in [-0.2, 0) is 9.53 Å². The molecule has 1 N–H and O–H groups in total. The molecule has 0 aliphatic carbocycles. The Morgan fingerprint density at radius 2 is 1.77 bits per heavy atom. The van der Waals surface area contributed by atoms with Crippen molar-refractivity contribution in [1.82, 2.24) is 10.2 Å². The molecule has 30 heavy (non-hydrogen) atoms. The molecule has 1 aliphatic heterocycles. The van der Waals surface area contributed by atoms with Gasteiger partial charge < -0.3 is 19.5 Å². The molecule has 0 bridgehead atoms. The van der Waals surface area contributed by atoms with Crippen LogP contribution in [0.15, 0.2) is 48.5 Å². The van der Waals surface area contributed by atoms with Crippen molar-refractivity contribution in [3.8, 4) is 11.5 Å². The number of hydrogen-bond acceptors (Lipinski definition) is 7. The van der Waals surface area contributed by atoms with Crippen LogP contribution in [0.3, 0.4) is 0 Å². The van der Waals surface area contributed by atoms with E-state index in [4.69, 9.17) is 14.2 Å². The molecule has 0 radical (unpaired) electrons. The molecule has 9 nitrogen and oxygen atoms in total. The average molecular weight is 415 g/mol. The molecule has 1 atom stereocenters. The average Bonchev–Trinajstić information content (AvgIpc) is 2.79. The third-order valence-corrected chi connectivity index (χ3v) is 4.90. The summed E-state index contributed by atoms with van der Waals surface area (Å²) in [5.74, 6) is 0.913. The highest BCUT2D eigenvalue weighted by Gasteiger charge is 2.23. The SMILES string of the molecule is COc1ccc(C(CNC(=O)COc2ccc([N+](=O)[O-])cc2)N2CCOCC2)cc1. The number of methoxy groups -OCH3 is 1. The third kappa shape index (κ3) is 5.91. The number of nitrogens with zero attached hydrogens (tertiary/aromatic N) is 2. The minimum atomic E-state index is -0.485. The summed E-state index contributed by atoms with van der Waals surface area (Å²) >= 11 is 0. The van der Waals surface area contributed by atoms with Gasteiger partial charge in [-0.2, -0.15) is 0 Å². The van der Waals surface area contributed by atoms with Crippen molar-refractivity contribution in [3.63, 3.8) is 0 Å². The Labute approximate surface area is 174 Å². The summed E-state index contributed by atoms with van der Waals surface area (Å²) in [6.07, 6.45) is 0. The molecular weight excluding hydrogens is 390 g/mol. The third-order valence-electron chi connectivity index (χ3n) is 4.90. The number of nitrogens with one attached hydrogen (secondary N) is 1. The van der Waals surface area contributed by atoms with Crippen molar-refractivity contribution in [2.75, 3.05) is 46.6 Å². The second-order valence-corrected chi connectivity index (χ2v) is 6.78. The molecule has 1 heterocycles. The molecule has 160 valence electrons. The zero-order valence-corrected chi connectivity index (χ0v) is 16.8. The molecule has 0 spiro atoms. The Balaban J connectivity index is 1.57. The molecule has 1 fully saturated rings. The zero-order valence-electron chi connectivity index (χ0n) is 16.8. The molecule has 1 aliphatic rings. The van der Waals surface area contributed by atoms with E-state index >= 15 is 0 Å². The summed E-state index contributed by atoms with van der Waals surface area (Å²) < 4.78 is 16.1. The highest BCUT2D eigenvalue weighted by Crippen LogP contribution is 2.24. The van der Waals surface area contributed by atoms with Crippen molar-refractivity contribution in [1.29, 1.82) is 0 Å². The minimum absolute atomic E-state index is 0.00290. The number of carbonyl (C=O) groups excluding carboxylic acids is 1. The predicted molar refractivity (Wildman–Crippen MR) is 110 cm³/mol. The summed E-state index contributed by atoms with van der Waals surface area (Å²) in [6.45, 7) is 3.14. The molecule has 2 aromatic carbocycles. The lowest BCUT2D eigenvalue weighted by molar-refractivity contribution is -0.384. The van der Waals surface area contributed by atoms with Gasteiger partial charge in [-0.15, -0.1) is 0 Å². The highest BCUT2D eigenvalue weighted by molar-refractivity contribution is 5.77. The number of hydrogen-bond donors (Lipinski definition) is 1. The molecule has 0 saturated carbocycles. The first-order valence-electron chi connectivity index (χ1n) is 9.66. The van der Waals surface area contributed by atoms with Crippen LogP contribution in [0, 0.1) is 10.1 Å². The molecule has 2 aromatic rings. The zero-order chi connectivity index (χ0) is 21.3. The van der Waals surface area contributed by atoms with Crippen LogP contribution < -0.4 is 14.8 Å². The van der Waals surface area contributed by atoms with E-state index in [1.54, 1.807) is 7.11 Å². The lowest BCUT2D eigenvalue weighted by Gasteiger charge is -2.35. The van der Waals surface area contributed by atoms with Gasteiger partial charge in [-0.3, -0.25) is 19.8 Å². The van der Waals surface area contributed by atoms with Crippen LogP contribution >= 0.6 is 0 Å². The summed E-state index contributed by atoms with van der Waals surface area (Å²) in [6, 6.07) is 13.4. The Bertz CT molecular complexity index is 835. The number of amides is 1. The lowest BCUT2D eigenvalue weighted by atomic mass is 10.0. The maximum atomic E-state index is 12.3. The van der Waals surface area contributed by atoms with Gasteiger partial charge in [0.1, 0.15) is 11.5 Å². The van der Waals surface area contributed by atoms with Gasteiger partial charge in [0.25, 0.3) is 11.6 Å². The topological polar surface area (TPSA) is 103 Å². The quantitative estimate of drug-likeness (QED) is 0.494. The first-order valence-corrected chi connectivity index (χ1v) is 9.66. The largest absolute Gasteiger partial charge is 0.497 e. The number of ether oxygens (including phenoxy) is 3. The fraction of sp³-hybridized carbons (Fsp3) is 0.381. The fourth-order valence-electron chi connectivity index (χ4n) is 3.25. The van der Waals surface area contributed by atoms with Gasteiger partial charge in [-0.05, 0) is 29.8 Å². The van der Waals surface area contributed by atoms with Crippen molar-refractivity contribution in [2.45, 2.75) is 6.04 Å². The van der Waals surface area contributed by atoms with Crippen molar-refractivity contribution in [3.05, 3.63) is 64.2 Å². The Hall–Kier alpha value is -3.17. The number of nitro benzene ring substituents is 1. The van der Waals surface area contributed by atoms with E-state index < -0.39 is 4.92 Å². The number of morpholine rings is 1. The number of rotatable bonds is 9. The first-order chi connectivity index (χ1) is 14.6. The van der Waals surface area contributed by atoms with E-state index in [0.29, 0.717) is 25.5 Å². The maximum Gasteiger partial charge on any atom is 0.269 e. The summed E-state index contributed by atoms with van der Waals surface area (Å²) in [5.41, 5.74) is 1.05. The Kier molecular flexibility index (Phi) is 7.58. The Morgan fingerprint density at radius 3 is 2.37 bits per heavy atom. The normalized spacial score (nSPS) is 15.2. The van der Waals surface area contributed by atoms with Gasteiger partial charge in [-0.25, -0.2) is 0 Å². The van der Waals surface area contributed by atoms with E-state index in [0.717, 1.165) is 24.4 Å². The summed E-state index contributed by atoms with van der Waals surface area (Å²) in [5, 5.41) is 13.6. The second-order valence-electron chi connectivity index (χ2n) is 6.78. The van der Waals surface area contributed by atoms with Crippen LogP contribution in [0.5, 0.6) is 11.5 Å². The van der Waals surface area contributed by atoms with Crippen molar-refractivity contribution < 1.29 is 23.9 Å². The van der Waals surface area contributed by atoms with Gasteiger partial charge in [-0.1, -0.05) is 12.1 Å². The number of benzene rings is 2. The van der Waals surface area contributed by atoms with Crippen LogP contribution in [0.1, 0.15) is 11.6 Å². The van der Waals surface area contributed by atoms with E-state index in [-0.39, 0.29) is 24.2 Å². The van der Waals surface area contributed by atoms with Crippen LogP contribution in [0.25, 0.3) is 0 Å². The van der Waals surface area contributed by atoms with Crippen LogP contribution in [-0.4, -0.2) is 62.3 Å².